The first kappa shape index (κ1) is 40.4. The van der Waals surface area contributed by atoms with Crippen molar-refractivity contribution in [1.82, 2.24) is 6.15 Å². The second-order valence-corrected chi connectivity index (χ2v) is 14.0. The van der Waals surface area contributed by atoms with Crippen LogP contribution in [0.4, 0.5) is 0 Å². The van der Waals surface area contributed by atoms with Gasteiger partial charge in [0.05, 0.1) is 0 Å². The van der Waals surface area contributed by atoms with E-state index in [1.165, 1.54) is 193 Å². The molecule has 0 rings (SSSR count). The molecule has 0 bridgehead atoms. The van der Waals surface area contributed by atoms with E-state index in [0.717, 1.165) is 0 Å². The molecule has 2 heteroatoms. The minimum absolute atomic E-state index is 0. The molecule has 0 radical (unpaired) electrons. The number of hydrogen-bond donors (Lipinski definition) is 1. The van der Waals surface area contributed by atoms with E-state index in [1.807, 2.05) is 0 Å². The number of unbranched alkanes of at least 4 members (excludes halogenated alkanes) is 26. The highest BCUT2D eigenvalue weighted by Crippen LogP contribution is 2.33. The smallest absolute Gasteiger partial charge is 0.0418 e. The number of halogens is 1. The molecule has 0 fully saturated rings. The van der Waals surface area contributed by atoms with Gasteiger partial charge in [-0.25, -0.2) is 0 Å². The molecule has 0 aliphatic rings. The van der Waals surface area contributed by atoms with Crippen molar-refractivity contribution < 1.29 is 0 Å². The van der Waals surface area contributed by atoms with Crippen LogP contribution in [0.5, 0.6) is 0 Å². The normalized spacial score (nSPS) is 11.8. The van der Waals surface area contributed by atoms with Gasteiger partial charge in [0, 0.05) is 4.87 Å². The third-order valence-electron chi connectivity index (χ3n) is 8.78. The van der Waals surface area contributed by atoms with Gasteiger partial charge in [-0.2, -0.15) is 0 Å². The molecule has 3 N–H and O–H groups in total. The van der Waals surface area contributed by atoms with Gasteiger partial charge < -0.3 is 6.15 Å². The molecule has 1 nitrogen and oxygen atoms in total. The summed E-state index contributed by atoms with van der Waals surface area (Å²) in [6, 6.07) is 0. The molecule has 0 unspecified atom stereocenters. The minimum atomic E-state index is -0.0346. The standard InChI is InChI=1S/C36H73Cl.H3N/c1-5-7-9-11-13-15-17-19-21-23-25-27-29-31-33-35(36(3,4)37)34-32-30-28-26-24-22-20-18-16-14-12-10-8-6-2;/h35H,5-34H2,1-4H3;1H3. The van der Waals surface area contributed by atoms with Gasteiger partial charge in [0.15, 0.2) is 0 Å². The van der Waals surface area contributed by atoms with Crippen molar-refractivity contribution in [3.63, 3.8) is 0 Å². The van der Waals surface area contributed by atoms with Crippen LogP contribution in [0.3, 0.4) is 0 Å². The first-order valence-corrected chi connectivity index (χ1v) is 18.1. The predicted octanol–water partition coefficient (Wildman–Crippen LogP) is 14.5. The van der Waals surface area contributed by atoms with Crippen molar-refractivity contribution in [1.29, 1.82) is 0 Å². The fourth-order valence-corrected chi connectivity index (χ4v) is 6.22. The molecule has 0 saturated heterocycles. The van der Waals surface area contributed by atoms with Crippen molar-refractivity contribution in [2.24, 2.45) is 5.92 Å². The van der Waals surface area contributed by atoms with Crippen molar-refractivity contribution in [2.45, 2.75) is 225 Å². The molecule has 232 valence electrons. The molecule has 0 aliphatic heterocycles. The van der Waals surface area contributed by atoms with E-state index in [-0.39, 0.29) is 11.0 Å². The molecule has 0 spiro atoms. The van der Waals surface area contributed by atoms with Crippen LogP contribution in [-0.2, 0) is 0 Å². The quantitative estimate of drug-likeness (QED) is 0.0667. The van der Waals surface area contributed by atoms with Crippen LogP contribution in [0, 0.1) is 5.92 Å². The van der Waals surface area contributed by atoms with Crippen LogP contribution < -0.4 is 6.15 Å². The average Bonchev–Trinajstić information content (AvgIpc) is 2.87. The zero-order valence-electron chi connectivity index (χ0n) is 27.4. The van der Waals surface area contributed by atoms with Gasteiger partial charge in [-0.15, -0.1) is 11.6 Å². The highest BCUT2D eigenvalue weighted by molar-refractivity contribution is 6.23. The third-order valence-corrected chi connectivity index (χ3v) is 9.09. The first-order valence-electron chi connectivity index (χ1n) is 17.7. The van der Waals surface area contributed by atoms with Crippen LogP contribution in [0.2, 0.25) is 0 Å². The van der Waals surface area contributed by atoms with Gasteiger partial charge in [-0.1, -0.05) is 194 Å². The van der Waals surface area contributed by atoms with Gasteiger partial charge in [0.25, 0.3) is 0 Å². The van der Waals surface area contributed by atoms with Gasteiger partial charge in [0.2, 0.25) is 0 Å². The van der Waals surface area contributed by atoms with Crippen LogP contribution in [0.1, 0.15) is 220 Å². The van der Waals surface area contributed by atoms with E-state index in [2.05, 4.69) is 27.7 Å². The SMILES string of the molecule is CCCCCCCCCCCCCCCCC(CCCCCCCCCCCCCCCC)C(C)(C)Cl.N. The fraction of sp³-hybridized carbons (Fsp3) is 1.00. The maximum atomic E-state index is 6.82. The largest absolute Gasteiger partial charge is 0.344 e. The summed E-state index contributed by atoms with van der Waals surface area (Å²) in [4.78, 5) is -0.0346. The third kappa shape index (κ3) is 30.8. The number of hydrogen-bond acceptors (Lipinski definition) is 1. The van der Waals surface area contributed by atoms with Crippen molar-refractivity contribution in [2.75, 3.05) is 0 Å². The number of alkyl halides is 1. The molecule has 0 atom stereocenters. The Morgan fingerprint density at radius 1 is 0.368 bits per heavy atom. The van der Waals surface area contributed by atoms with Crippen molar-refractivity contribution in [3.05, 3.63) is 0 Å². The highest BCUT2D eigenvalue weighted by atomic mass is 35.5. The Kier molecular flexibility index (Phi) is 33.8. The molecule has 0 aromatic heterocycles. The predicted molar refractivity (Wildman–Crippen MR) is 178 cm³/mol. The summed E-state index contributed by atoms with van der Waals surface area (Å²) in [5.41, 5.74) is 0. The van der Waals surface area contributed by atoms with E-state index >= 15 is 0 Å². The molecule has 0 aliphatic carbocycles. The molecular formula is C36H76ClN. The van der Waals surface area contributed by atoms with E-state index in [9.17, 15) is 0 Å². The summed E-state index contributed by atoms with van der Waals surface area (Å²) in [7, 11) is 0. The van der Waals surface area contributed by atoms with Crippen molar-refractivity contribution in [3.8, 4) is 0 Å². The fourth-order valence-electron chi connectivity index (χ4n) is 6.00. The second-order valence-electron chi connectivity index (χ2n) is 13.0. The molecular weight excluding hydrogens is 482 g/mol. The summed E-state index contributed by atoms with van der Waals surface area (Å²) in [6.45, 7) is 9.12. The van der Waals surface area contributed by atoms with Crippen molar-refractivity contribution >= 4 is 11.6 Å². The summed E-state index contributed by atoms with van der Waals surface area (Å²) >= 11 is 6.82. The summed E-state index contributed by atoms with van der Waals surface area (Å²) < 4.78 is 0. The lowest BCUT2D eigenvalue weighted by Crippen LogP contribution is -2.24. The molecule has 0 aromatic carbocycles. The average molecular weight is 558 g/mol. The Morgan fingerprint density at radius 3 is 0.737 bits per heavy atom. The second kappa shape index (κ2) is 31.8. The lowest BCUT2D eigenvalue weighted by atomic mass is 9.85. The summed E-state index contributed by atoms with van der Waals surface area (Å²) in [5.74, 6) is 0.698. The van der Waals surface area contributed by atoms with Gasteiger partial charge >= 0.3 is 0 Å². The molecule has 0 amide bonds. The van der Waals surface area contributed by atoms with Crippen LogP contribution in [0.15, 0.2) is 0 Å². The Labute approximate surface area is 248 Å². The van der Waals surface area contributed by atoms with Crippen LogP contribution >= 0.6 is 11.6 Å². The lowest BCUT2D eigenvalue weighted by Gasteiger charge is -2.28. The molecule has 38 heavy (non-hydrogen) atoms. The Morgan fingerprint density at radius 2 is 0.553 bits per heavy atom. The molecule has 0 heterocycles. The topological polar surface area (TPSA) is 35.0 Å². The lowest BCUT2D eigenvalue weighted by molar-refractivity contribution is 0.334. The minimum Gasteiger partial charge on any atom is -0.344 e. The molecule has 0 aromatic rings. The summed E-state index contributed by atoms with van der Waals surface area (Å²) in [6.07, 6.45) is 43.1. The van der Waals surface area contributed by atoms with E-state index in [4.69, 9.17) is 11.6 Å². The first-order chi connectivity index (χ1) is 18.0. The molecule has 0 saturated carbocycles. The highest BCUT2D eigenvalue weighted by Gasteiger charge is 2.25. The van der Waals surface area contributed by atoms with E-state index in [0.29, 0.717) is 5.92 Å². The van der Waals surface area contributed by atoms with E-state index in [1.54, 1.807) is 0 Å². The Hall–Kier alpha value is 0.250. The zero-order valence-corrected chi connectivity index (χ0v) is 28.1. The maximum Gasteiger partial charge on any atom is 0.0418 e. The maximum absolute atomic E-state index is 6.82. The Bertz CT molecular complexity index is 384. The summed E-state index contributed by atoms with van der Waals surface area (Å²) in [5, 5.41) is 0. The van der Waals surface area contributed by atoms with Crippen LogP contribution in [-0.4, -0.2) is 4.87 Å². The van der Waals surface area contributed by atoms with Crippen LogP contribution in [0.25, 0.3) is 0 Å². The van der Waals surface area contributed by atoms with Gasteiger partial charge in [-0.05, 0) is 32.6 Å². The monoisotopic (exact) mass is 558 g/mol. The van der Waals surface area contributed by atoms with E-state index < -0.39 is 0 Å². The Balaban J connectivity index is 0. The zero-order chi connectivity index (χ0) is 27.3. The van der Waals surface area contributed by atoms with Gasteiger partial charge in [0.1, 0.15) is 0 Å². The number of rotatable bonds is 31. The van der Waals surface area contributed by atoms with Gasteiger partial charge in [-0.3, -0.25) is 0 Å².